The summed E-state index contributed by atoms with van der Waals surface area (Å²) in [6, 6.07) is 7.96. The fraction of sp³-hybridized carbons (Fsp3) is 0.231. The van der Waals surface area contributed by atoms with Crippen LogP contribution in [0, 0.1) is 0 Å². The third-order valence-corrected chi connectivity index (χ3v) is 3.18. The Morgan fingerprint density at radius 2 is 2.18 bits per heavy atom. The minimum Gasteiger partial charge on any atom is -0.366 e. The number of nitrogens with zero attached hydrogens (tertiary/aromatic N) is 1. The highest BCUT2D eigenvalue weighted by molar-refractivity contribution is 5.96. The van der Waals surface area contributed by atoms with Crippen LogP contribution in [0.1, 0.15) is 6.42 Å². The van der Waals surface area contributed by atoms with Crippen LogP contribution in [0.2, 0.25) is 0 Å². The van der Waals surface area contributed by atoms with E-state index >= 15 is 0 Å². The molecule has 0 bridgehead atoms. The Balaban J connectivity index is 2.34. The van der Waals surface area contributed by atoms with Crippen LogP contribution in [-0.4, -0.2) is 19.0 Å². The zero-order valence-electron chi connectivity index (χ0n) is 9.36. The number of para-hydroxylation sites is 1. The highest BCUT2D eigenvalue weighted by Crippen LogP contribution is 2.23. The normalized spacial score (nSPS) is 18.2. The fourth-order valence-corrected chi connectivity index (χ4v) is 2.36. The molecule has 0 spiro atoms. The highest BCUT2D eigenvalue weighted by atomic mass is 16.1. The largest absolute Gasteiger partial charge is 0.366 e. The maximum atomic E-state index is 11.5. The van der Waals surface area contributed by atoms with E-state index in [-0.39, 0.29) is 5.91 Å². The molecule has 0 fully saturated rings. The molecule has 4 nitrogen and oxygen atoms in total. The summed E-state index contributed by atoms with van der Waals surface area (Å²) in [5.41, 5.74) is 7.93. The van der Waals surface area contributed by atoms with E-state index in [0.717, 1.165) is 34.8 Å². The zero-order chi connectivity index (χ0) is 11.8. The fourth-order valence-electron chi connectivity index (χ4n) is 2.36. The van der Waals surface area contributed by atoms with Gasteiger partial charge in [0, 0.05) is 11.8 Å². The zero-order valence-corrected chi connectivity index (χ0v) is 9.36. The second-order valence-electron chi connectivity index (χ2n) is 4.23. The van der Waals surface area contributed by atoms with Crippen molar-refractivity contribution in [2.24, 2.45) is 10.7 Å². The summed E-state index contributed by atoms with van der Waals surface area (Å²) in [5, 5.41) is 5.27. The molecule has 2 heterocycles. The predicted molar refractivity (Wildman–Crippen MR) is 64.3 cm³/mol. The van der Waals surface area contributed by atoms with Gasteiger partial charge in [0.15, 0.2) is 0 Å². The Bertz CT molecular complexity index is 643. The third kappa shape index (κ3) is 1.57. The monoisotopic (exact) mass is 227 g/mol. The summed E-state index contributed by atoms with van der Waals surface area (Å²) in [5.74, 6) is -0.386. The van der Waals surface area contributed by atoms with E-state index in [1.807, 2.05) is 24.3 Å². The molecule has 1 aromatic carbocycles. The average Bonchev–Trinajstić information content (AvgIpc) is 2.54. The molecule has 1 amide bonds. The summed E-state index contributed by atoms with van der Waals surface area (Å²) in [7, 11) is 0. The molecule has 2 aliphatic rings. The van der Waals surface area contributed by atoms with E-state index in [1.54, 1.807) is 0 Å². The first-order valence-corrected chi connectivity index (χ1v) is 5.68. The van der Waals surface area contributed by atoms with Gasteiger partial charge in [0.05, 0.1) is 16.6 Å². The van der Waals surface area contributed by atoms with Crippen molar-refractivity contribution in [2.45, 2.75) is 6.42 Å². The molecule has 0 radical (unpaired) electrons. The van der Waals surface area contributed by atoms with E-state index in [9.17, 15) is 4.79 Å². The van der Waals surface area contributed by atoms with Crippen LogP contribution in [0.4, 0.5) is 0 Å². The summed E-state index contributed by atoms with van der Waals surface area (Å²) in [4.78, 5) is 16.0. The molecule has 0 aromatic heterocycles. The number of hydrogen-bond donors (Lipinski definition) is 2. The van der Waals surface area contributed by atoms with Gasteiger partial charge in [-0.2, -0.15) is 0 Å². The highest BCUT2D eigenvalue weighted by Gasteiger charge is 2.22. The van der Waals surface area contributed by atoms with Crippen LogP contribution in [0.25, 0.3) is 5.57 Å². The molecule has 3 N–H and O–H groups in total. The number of benzene rings is 1. The number of nitrogens with two attached hydrogens (primary N) is 1. The maximum Gasteiger partial charge on any atom is 0.248 e. The molecular formula is C13H13N3O. The van der Waals surface area contributed by atoms with Gasteiger partial charge >= 0.3 is 0 Å². The van der Waals surface area contributed by atoms with E-state index in [0.29, 0.717) is 12.1 Å². The number of rotatable bonds is 1. The number of nitrogens with one attached hydrogen (secondary N) is 1. The van der Waals surface area contributed by atoms with Gasteiger partial charge in [-0.3, -0.25) is 4.79 Å². The lowest BCUT2D eigenvalue weighted by Gasteiger charge is -2.03. The van der Waals surface area contributed by atoms with E-state index < -0.39 is 0 Å². The lowest BCUT2D eigenvalue weighted by molar-refractivity contribution is -0.114. The van der Waals surface area contributed by atoms with Gasteiger partial charge in [-0.15, -0.1) is 0 Å². The summed E-state index contributed by atoms with van der Waals surface area (Å²) in [6.07, 6.45) is 0.882. The Hall–Kier alpha value is -1.94. The van der Waals surface area contributed by atoms with Crippen LogP contribution in [-0.2, 0) is 4.79 Å². The number of primary amides is 1. The second kappa shape index (κ2) is 3.82. The Morgan fingerprint density at radius 1 is 1.35 bits per heavy atom. The SMILES string of the molecule is NC(=O)C1=C2N=c3ccccc3=C2CCNC1. The molecule has 0 unspecified atom stereocenters. The van der Waals surface area contributed by atoms with E-state index in [1.165, 1.54) is 0 Å². The van der Waals surface area contributed by atoms with Crippen LogP contribution in [0.3, 0.4) is 0 Å². The first-order valence-electron chi connectivity index (χ1n) is 5.68. The van der Waals surface area contributed by atoms with Gasteiger partial charge < -0.3 is 11.1 Å². The van der Waals surface area contributed by atoms with Gasteiger partial charge in [0.1, 0.15) is 0 Å². The molecular weight excluding hydrogens is 214 g/mol. The number of carbonyl (C=O) groups is 1. The van der Waals surface area contributed by atoms with Crippen molar-refractivity contribution in [1.82, 2.24) is 5.32 Å². The Labute approximate surface area is 98.5 Å². The van der Waals surface area contributed by atoms with Crippen molar-refractivity contribution in [3.63, 3.8) is 0 Å². The summed E-state index contributed by atoms with van der Waals surface area (Å²) in [6.45, 7) is 1.35. The number of hydrogen-bond acceptors (Lipinski definition) is 3. The average molecular weight is 227 g/mol. The Kier molecular flexibility index (Phi) is 2.30. The molecule has 17 heavy (non-hydrogen) atoms. The van der Waals surface area contributed by atoms with Crippen molar-refractivity contribution in [3.05, 3.63) is 46.1 Å². The van der Waals surface area contributed by atoms with E-state index in [2.05, 4.69) is 10.3 Å². The number of carbonyl (C=O) groups excluding carboxylic acids is 1. The summed E-state index contributed by atoms with van der Waals surface area (Å²) >= 11 is 0. The number of allylic oxidation sites excluding steroid dienone is 1. The van der Waals surface area contributed by atoms with Crippen LogP contribution in [0.15, 0.2) is 40.5 Å². The molecule has 3 rings (SSSR count). The first kappa shape index (κ1) is 10.2. The lowest BCUT2D eigenvalue weighted by Crippen LogP contribution is -2.25. The van der Waals surface area contributed by atoms with Gasteiger partial charge in [0.2, 0.25) is 5.91 Å². The lowest BCUT2D eigenvalue weighted by atomic mass is 10.0. The van der Waals surface area contributed by atoms with Crippen molar-refractivity contribution >= 4 is 11.5 Å². The molecule has 1 aromatic rings. The Morgan fingerprint density at radius 3 is 3.00 bits per heavy atom. The van der Waals surface area contributed by atoms with Crippen molar-refractivity contribution in [2.75, 3.05) is 13.1 Å². The quantitative estimate of drug-likeness (QED) is 0.660. The molecule has 0 atom stereocenters. The minimum absolute atomic E-state index is 0.386. The number of amides is 1. The smallest absolute Gasteiger partial charge is 0.248 e. The molecule has 0 saturated carbocycles. The molecule has 86 valence electrons. The molecule has 2 aliphatic heterocycles. The molecule has 0 aliphatic carbocycles. The predicted octanol–water partition coefficient (Wildman–Crippen LogP) is -0.797. The van der Waals surface area contributed by atoms with E-state index in [4.69, 9.17) is 5.73 Å². The molecule has 0 saturated heterocycles. The molecule has 4 heteroatoms. The van der Waals surface area contributed by atoms with Gasteiger partial charge in [-0.25, -0.2) is 4.99 Å². The van der Waals surface area contributed by atoms with Crippen LogP contribution >= 0.6 is 0 Å². The standard InChI is InChI=1S/C13H13N3O/c14-13(17)10-7-15-6-5-9-8-3-1-2-4-11(8)16-12(9)10/h1-4,15H,5-7H2,(H2,14,17). The van der Waals surface area contributed by atoms with Gasteiger partial charge in [0.25, 0.3) is 0 Å². The second-order valence-corrected chi connectivity index (χ2v) is 4.23. The first-order chi connectivity index (χ1) is 8.27. The maximum absolute atomic E-state index is 11.5. The van der Waals surface area contributed by atoms with Crippen molar-refractivity contribution in [3.8, 4) is 0 Å². The minimum atomic E-state index is -0.386. The van der Waals surface area contributed by atoms with Gasteiger partial charge in [-0.05, 0) is 24.6 Å². The summed E-state index contributed by atoms with van der Waals surface area (Å²) < 4.78 is 0. The van der Waals surface area contributed by atoms with Crippen molar-refractivity contribution < 1.29 is 4.79 Å². The number of fused-ring (bicyclic) bond motifs is 2. The van der Waals surface area contributed by atoms with Gasteiger partial charge in [-0.1, -0.05) is 18.2 Å². The van der Waals surface area contributed by atoms with Crippen LogP contribution < -0.4 is 21.6 Å². The van der Waals surface area contributed by atoms with Crippen molar-refractivity contribution in [1.29, 1.82) is 0 Å². The topological polar surface area (TPSA) is 67.5 Å². The van der Waals surface area contributed by atoms with Crippen LogP contribution in [0.5, 0.6) is 0 Å². The third-order valence-electron chi connectivity index (χ3n) is 3.18.